The quantitative estimate of drug-likeness (QED) is 0.754. The Morgan fingerprint density at radius 3 is 2.15 bits per heavy atom. The van der Waals surface area contributed by atoms with Crippen molar-refractivity contribution in [3.63, 3.8) is 0 Å². The summed E-state index contributed by atoms with van der Waals surface area (Å²) < 4.78 is 36.6. The number of methoxy groups -OCH3 is 2. The molecule has 2 aromatic carbocycles. The molecule has 0 saturated carbocycles. The molecule has 0 spiro atoms. The predicted octanol–water partition coefficient (Wildman–Crippen LogP) is 3.59. The molecular formula is C19H20F2N2O4. The number of carbonyl (C=O) groups excluding carboxylic acids is 2. The zero-order valence-corrected chi connectivity index (χ0v) is 15.4. The molecule has 0 aliphatic carbocycles. The van der Waals surface area contributed by atoms with Crippen molar-refractivity contribution in [1.29, 1.82) is 0 Å². The van der Waals surface area contributed by atoms with E-state index in [4.69, 9.17) is 9.47 Å². The molecule has 0 aliphatic heterocycles. The molecule has 2 amide bonds. The molecule has 2 rings (SSSR count). The monoisotopic (exact) mass is 378 g/mol. The SMILES string of the molecule is COc1ccc(NC(=O)C(C)(C)C(=O)Nc2ccc(F)c(F)c2)c(OC)c1. The summed E-state index contributed by atoms with van der Waals surface area (Å²) in [4.78, 5) is 25.1. The Hall–Kier alpha value is -3.16. The number of hydrogen-bond donors (Lipinski definition) is 2. The van der Waals surface area contributed by atoms with Gasteiger partial charge >= 0.3 is 0 Å². The zero-order chi connectivity index (χ0) is 20.2. The molecule has 0 saturated heterocycles. The Labute approximate surface area is 155 Å². The molecule has 0 fully saturated rings. The van der Waals surface area contributed by atoms with Crippen LogP contribution in [-0.2, 0) is 9.59 Å². The van der Waals surface area contributed by atoms with Crippen molar-refractivity contribution in [2.45, 2.75) is 13.8 Å². The van der Waals surface area contributed by atoms with Gasteiger partial charge in [-0.2, -0.15) is 0 Å². The van der Waals surface area contributed by atoms with Crippen LogP contribution in [0.4, 0.5) is 20.2 Å². The lowest BCUT2D eigenvalue weighted by Gasteiger charge is -2.23. The molecule has 2 N–H and O–H groups in total. The maximum Gasteiger partial charge on any atom is 0.239 e. The third-order valence-electron chi connectivity index (χ3n) is 3.97. The van der Waals surface area contributed by atoms with Crippen molar-refractivity contribution in [1.82, 2.24) is 0 Å². The molecule has 6 nitrogen and oxygen atoms in total. The van der Waals surface area contributed by atoms with Crippen molar-refractivity contribution in [3.8, 4) is 11.5 Å². The molecular weight excluding hydrogens is 358 g/mol. The maximum absolute atomic E-state index is 13.3. The molecule has 144 valence electrons. The molecule has 27 heavy (non-hydrogen) atoms. The van der Waals surface area contributed by atoms with E-state index in [0.717, 1.165) is 12.1 Å². The number of benzene rings is 2. The first-order chi connectivity index (χ1) is 12.7. The topological polar surface area (TPSA) is 76.7 Å². The van der Waals surface area contributed by atoms with Crippen LogP contribution in [0, 0.1) is 17.0 Å². The maximum atomic E-state index is 13.3. The van der Waals surface area contributed by atoms with Gasteiger partial charge in [0.25, 0.3) is 0 Å². The summed E-state index contributed by atoms with van der Waals surface area (Å²) in [6.07, 6.45) is 0. The van der Waals surface area contributed by atoms with Gasteiger partial charge in [0.1, 0.15) is 16.9 Å². The number of carbonyl (C=O) groups is 2. The smallest absolute Gasteiger partial charge is 0.239 e. The Balaban J connectivity index is 2.16. The summed E-state index contributed by atoms with van der Waals surface area (Å²) in [7, 11) is 2.93. The summed E-state index contributed by atoms with van der Waals surface area (Å²) >= 11 is 0. The lowest BCUT2D eigenvalue weighted by molar-refractivity contribution is -0.135. The number of ether oxygens (including phenoxy) is 2. The minimum absolute atomic E-state index is 0.0433. The fourth-order valence-corrected chi connectivity index (χ4v) is 2.14. The van der Waals surface area contributed by atoms with Crippen LogP contribution >= 0.6 is 0 Å². The summed E-state index contributed by atoms with van der Waals surface area (Å²) in [5.74, 6) is -2.51. The molecule has 8 heteroatoms. The van der Waals surface area contributed by atoms with Crippen LogP contribution in [-0.4, -0.2) is 26.0 Å². The molecule has 0 heterocycles. The van der Waals surface area contributed by atoms with E-state index >= 15 is 0 Å². The van der Waals surface area contributed by atoms with Crippen LogP contribution in [0.1, 0.15) is 13.8 Å². The molecule has 0 radical (unpaired) electrons. The van der Waals surface area contributed by atoms with Gasteiger partial charge in [-0.05, 0) is 38.1 Å². The molecule has 0 bridgehead atoms. The van der Waals surface area contributed by atoms with E-state index in [2.05, 4.69) is 10.6 Å². The molecule has 0 atom stereocenters. The third-order valence-corrected chi connectivity index (χ3v) is 3.97. The third kappa shape index (κ3) is 4.52. The van der Waals surface area contributed by atoms with Crippen molar-refractivity contribution < 1.29 is 27.8 Å². The minimum Gasteiger partial charge on any atom is -0.497 e. The molecule has 0 aliphatic rings. The van der Waals surface area contributed by atoms with Gasteiger partial charge in [0.05, 0.1) is 19.9 Å². The average molecular weight is 378 g/mol. The van der Waals surface area contributed by atoms with E-state index < -0.39 is 28.9 Å². The Kier molecular flexibility index (Phi) is 5.99. The van der Waals surface area contributed by atoms with Crippen LogP contribution in [0.15, 0.2) is 36.4 Å². The zero-order valence-electron chi connectivity index (χ0n) is 15.4. The fraction of sp³-hybridized carbons (Fsp3) is 0.263. The van der Waals surface area contributed by atoms with Crippen LogP contribution in [0.25, 0.3) is 0 Å². The highest BCUT2D eigenvalue weighted by molar-refractivity contribution is 6.14. The van der Waals surface area contributed by atoms with Gasteiger partial charge in [0.2, 0.25) is 11.8 Å². The van der Waals surface area contributed by atoms with E-state index in [-0.39, 0.29) is 5.69 Å². The molecule has 2 aromatic rings. The van der Waals surface area contributed by atoms with Crippen LogP contribution in [0.2, 0.25) is 0 Å². The number of halogens is 2. The Morgan fingerprint density at radius 1 is 0.889 bits per heavy atom. The van der Waals surface area contributed by atoms with Crippen molar-refractivity contribution in [2.24, 2.45) is 5.41 Å². The average Bonchev–Trinajstić information content (AvgIpc) is 2.64. The highest BCUT2D eigenvalue weighted by Crippen LogP contribution is 2.31. The van der Waals surface area contributed by atoms with Crippen molar-refractivity contribution in [2.75, 3.05) is 24.9 Å². The van der Waals surface area contributed by atoms with Crippen molar-refractivity contribution >= 4 is 23.2 Å². The molecule has 0 unspecified atom stereocenters. The number of nitrogens with one attached hydrogen (secondary N) is 2. The first-order valence-electron chi connectivity index (χ1n) is 7.99. The van der Waals surface area contributed by atoms with E-state index in [1.165, 1.54) is 34.1 Å². The second kappa shape index (κ2) is 8.03. The minimum atomic E-state index is -1.50. The highest BCUT2D eigenvalue weighted by atomic mass is 19.2. The normalized spacial score (nSPS) is 10.9. The molecule has 0 aromatic heterocycles. The first-order valence-corrected chi connectivity index (χ1v) is 7.99. The largest absolute Gasteiger partial charge is 0.497 e. The van der Waals surface area contributed by atoms with E-state index in [9.17, 15) is 18.4 Å². The number of amides is 2. The van der Waals surface area contributed by atoms with E-state index in [1.54, 1.807) is 18.2 Å². The summed E-state index contributed by atoms with van der Waals surface area (Å²) in [6, 6.07) is 7.74. The Bertz CT molecular complexity index is 869. The van der Waals surface area contributed by atoms with Crippen molar-refractivity contribution in [3.05, 3.63) is 48.0 Å². The van der Waals surface area contributed by atoms with Gasteiger partial charge in [0, 0.05) is 17.8 Å². The summed E-state index contributed by atoms with van der Waals surface area (Å²) in [5.41, 5.74) is -1.10. The first kappa shape index (κ1) is 20.2. The second-order valence-electron chi connectivity index (χ2n) is 6.23. The van der Waals surface area contributed by atoms with E-state index in [1.807, 2.05) is 0 Å². The summed E-state index contributed by atoms with van der Waals surface area (Å²) in [5, 5.41) is 5.03. The van der Waals surface area contributed by atoms with Gasteiger partial charge in [-0.25, -0.2) is 8.78 Å². The second-order valence-corrected chi connectivity index (χ2v) is 6.23. The van der Waals surface area contributed by atoms with Gasteiger partial charge in [-0.1, -0.05) is 0 Å². The van der Waals surface area contributed by atoms with Crippen LogP contribution in [0.5, 0.6) is 11.5 Å². The number of hydrogen-bond acceptors (Lipinski definition) is 4. The Morgan fingerprint density at radius 2 is 1.56 bits per heavy atom. The summed E-state index contributed by atoms with van der Waals surface area (Å²) in [6.45, 7) is 2.82. The van der Waals surface area contributed by atoms with E-state index in [0.29, 0.717) is 17.2 Å². The number of rotatable bonds is 6. The van der Waals surface area contributed by atoms with Gasteiger partial charge < -0.3 is 20.1 Å². The fourth-order valence-electron chi connectivity index (χ4n) is 2.14. The predicted molar refractivity (Wildman–Crippen MR) is 96.9 cm³/mol. The van der Waals surface area contributed by atoms with Gasteiger partial charge in [-0.3, -0.25) is 9.59 Å². The van der Waals surface area contributed by atoms with Crippen LogP contribution in [0.3, 0.4) is 0 Å². The lowest BCUT2D eigenvalue weighted by atomic mass is 9.90. The van der Waals surface area contributed by atoms with Crippen LogP contribution < -0.4 is 20.1 Å². The number of anilines is 2. The van der Waals surface area contributed by atoms with Gasteiger partial charge in [0.15, 0.2) is 11.6 Å². The lowest BCUT2D eigenvalue weighted by Crippen LogP contribution is -2.41. The standard InChI is InChI=1S/C19H20F2N2O4/c1-19(2,17(24)22-11-5-7-13(20)14(21)9-11)18(25)23-15-8-6-12(26-3)10-16(15)27-4/h5-10H,1-4H3,(H,22,24)(H,23,25). The highest BCUT2D eigenvalue weighted by Gasteiger charge is 2.36. The van der Waals surface area contributed by atoms with Gasteiger partial charge in [-0.15, -0.1) is 0 Å².